The number of aliphatic carboxylic acids is 2. The van der Waals surface area contributed by atoms with Crippen molar-refractivity contribution in [1.29, 1.82) is 0 Å². The summed E-state index contributed by atoms with van der Waals surface area (Å²) in [6.45, 7) is 6.88. The Bertz CT molecular complexity index is 518. The van der Waals surface area contributed by atoms with Crippen LogP contribution in [-0.2, 0) is 9.59 Å². The molecule has 0 unspecified atom stereocenters. The van der Waals surface area contributed by atoms with E-state index in [-0.39, 0.29) is 6.54 Å². The SMILES string of the molecule is CCCCCCCCCCCC[N+](C)(CCCCCCCCCCCC)CC(=O)O.O=C([O-])C(F)(F)F. The van der Waals surface area contributed by atoms with Gasteiger partial charge in [0.25, 0.3) is 0 Å². The van der Waals surface area contributed by atoms with Crippen molar-refractivity contribution >= 4 is 11.9 Å². The number of carbonyl (C=O) groups excluding carboxylic acids is 1. The molecular formula is C29H56F3NO4. The van der Waals surface area contributed by atoms with Gasteiger partial charge in [0, 0.05) is 0 Å². The minimum absolute atomic E-state index is 0.287. The van der Waals surface area contributed by atoms with Gasteiger partial charge in [0.15, 0.2) is 6.54 Å². The lowest BCUT2D eigenvalue weighted by atomic mass is 10.1. The maximum absolute atomic E-state index is 11.4. The molecule has 5 nitrogen and oxygen atoms in total. The van der Waals surface area contributed by atoms with E-state index < -0.39 is 18.1 Å². The van der Waals surface area contributed by atoms with Crippen LogP contribution in [0.2, 0.25) is 0 Å². The second-order valence-corrected chi connectivity index (χ2v) is 10.8. The molecule has 0 radical (unpaired) electrons. The van der Waals surface area contributed by atoms with Gasteiger partial charge in [-0.2, -0.15) is 13.2 Å². The molecule has 0 bridgehead atoms. The summed E-state index contributed by atoms with van der Waals surface area (Å²) in [6, 6.07) is 0. The van der Waals surface area contributed by atoms with E-state index in [0.29, 0.717) is 0 Å². The van der Waals surface area contributed by atoms with Crippen molar-refractivity contribution < 1.29 is 37.5 Å². The Morgan fingerprint density at radius 1 is 0.622 bits per heavy atom. The van der Waals surface area contributed by atoms with E-state index in [0.717, 1.165) is 17.6 Å². The average molecular weight is 540 g/mol. The van der Waals surface area contributed by atoms with Gasteiger partial charge in [-0.25, -0.2) is 4.79 Å². The van der Waals surface area contributed by atoms with Crippen molar-refractivity contribution in [2.24, 2.45) is 0 Å². The highest BCUT2D eigenvalue weighted by atomic mass is 19.4. The highest BCUT2D eigenvalue weighted by molar-refractivity contribution is 5.70. The van der Waals surface area contributed by atoms with Crippen molar-refractivity contribution in [2.75, 3.05) is 26.7 Å². The topological polar surface area (TPSA) is 77.4 Å². The first-order valence-corrected chi connectivity index (χ1v) is 14.8. The van der Waals surface area contributed by atoms with Crippen LogP contribution in [0.5, 0.6) is 0 Å². The van der Waals surface area contributed by atoms with Crippen molar-refractivity contribution in [3.8, 4) is 0 Å². The monoisotopic (exact) mass is 539 g/mol. The van der Waals surface area contributed by atoms with Gasteiger partial charge in [0.1, 0.15) is 5.97 Å². The lowest BCUT2D eigenvalue weighted by Gasteiger charge is -2.33. The smallest absolute Gasteiger partial charge is 0.430 e. The van der Waals surface area contributed by atoms with Crippen molar-refractivity contribution in [1.82, 2.24) is 0 Å². The van der Waals surface area contributed by atoms with Crippen molar-refractivity contribution in [3.63, 3.8) is 0 Å². The third-order valence-corrected chi connectivity index (χ3v) is 6.85. The fraction of sp³-hybridized carbons (Fsp3) is 0.931. The molecule has 0 atom stereocenters. The van der Waals surface area contributed by atoms with Crippen LogP contribution in [0, 0.1) is 0 Å². The highest BCUT2D eigenvalue weighted by Gasteiger charge is 2.28. The van der Waals surface area contributed by atoms with E-state index in [9.17, 15) is 23.1 Å². The Kier molecular flexibility index (Phi) is 25.6. The molecule has 8 heteroatoms. The summed E-state index contributed by atoms with van der Waals surface area (Å²) in [5.74, 6) is -3.65. The van der Waals surface area contributed by atoms with Crippen LogP contribution < -0.4 is 5.11 Å². The Labute approximate surface area is 224 Å². The zero-order valence-corrected chi connectivity index (χ0v) is 24.0. The number of hydrogen-bond donors (Lipinski definition) is 1. The zero-order chi connectivity index (χ0) is 28.4. The Hall–Kier alpha value is -1.31. The molecule has 0 saturated heterocycles. The van der Waals surface area contributed by atoms with E-state index in [1.807, 2.05) is 0 Å². The number of alkyl halides is 3. The third-order valence-electron chi connectivity index (χ3n) is 6.85. The molecule has 1 N–H and O–H groups in total. The maximum Gasteiger partial charge on any atom is 0.430 e. The van der Waals surface area contributed by atoms with Crippen LogP contribution in [0.4, 0.5) is 13.2 Å². The van der Waals surface area contributed by atoms with Gasteiger partial charge in [-0.3, -0.25) is 0 Å². The third kappa shape index (κ3) is 29.1. The summed E-state index contributed by atoms with van der Waals surface area (Å²) >= 11 is 0. The lowest BCUT2D eigenvalue weighted by Crippen LogP contribution is -2.49. The molecule has 0 amide bonds. The number of quaternary nitrogens is 1. The Morgan fingerprint density at radius 3 is 1.08 bits per heavy atom. The Balaban J connectivity index is 0. The normalized spacial score (nSPS) is 11.7. The molecule has 0 spiro atoms. The predicted molar refractivity (Wildman–Crippen MR) is 143 cm³/mol. The van der Waals surface area contributed by atoms with Gasteiger partial charge in [0.05, 0.1) is 20.1 Å². The van der Waals surface area contributed by atoms with Crippen LogP contribution >= 0.6 is 0 Å². The van der Waals surface area contributed by atoms with Crippen molar-refractivity contribution in [2.45, 2.75) is 148 Å². The van der Waals surface area contributed by atoms with Crippen LogP contribution in [0.1, 0.15) is 142 Å². The highest BCUT2D eigenvalue weighted by Crippen LogP contribution is 2.15. The van der Waals surface area contributed by atoms with E-state index in [4.69, 9.17) is 9.90 Å². The van der Waals surface area contributed by atoms with Crippen LogP contribution in [-0.4, -0.2) is 54.4 Å². The molecule has 0 aromatic heterocycles. The predicted octanol–water partition coefficient (Wildman–Crippen LogP) is 7.66. The summed E-state index contributed by atoms with van der Waals surface area (Å²) < 4.78 is 32.3. The van der Waals surface area contributed by atoms with Gasteiger partial charge in [-0.05, 0) is 25.7 Å². The van der Waals surface area contributed by atoms with E-state index in [2.05, 4.69) is 20.9 Å². The summed E-state index contributed by atoms with van der Waals surface area (Å²) in [5.41, 5.74) is 0. The fourth-order valence-corrected chi connectivity index (χ4v) is 4.56. The molecule has 0 heterocycles. The molecule has 0 rings (SSSR count). The number of nitrogens with zero attached hydrogens (tertiary/aromatic N) is 1. The molecule has 0 saturated carbocycles. The molecular weight excluding hydrogens is 483 g/mol. The van der Waals surface area contributed by atoms with E-state index in [1.54, 1.807) is 0 Å². The standard InChI is InChI=1S/C27H55NO2.C2HF3O2/c1-4-6-8-10-12-14-16-18-20-22-24-28(3,26-27(29)30)25-23-21-19-17-15-13-11-9-7-5-2;3-2(4,5)1(6)7/h4-26H2,1-3H3;(H,6,7). The quantitative estimate of drug-likeness (QED) is 0.101. The van der Waals surface area contributed by atoms with Crippen LogP contribution in [0.3, 0.4) is 0 Å². The number of halogens is 3. The second-order valence-electron chi connectivity index (χ2n) is 10.8. The number of unbranched alkanes of at least 4 members (excludes halogenated alkanes) is 18. The minimum atomic E-state index is -5.19. The first-order valence-electron chi connectivity index (χ1n) is 14.8. The second kappa shape index (κ2) is 25.0. The molecule has 0 aliphatic heterocycles. The molecule has 0 aliphatic rings. The summed E-state index contributed by atoms with van der Waals surface area (Å²) in [6.07, 6.45) is 21.6. The first-order chi connectivity index (χ1) is 17.5. The Morgan fingerprint density at radius 2 is 0.865 bits per heavy atom. The number of carboxylic acids is 2. The van der Waals surface area contributed by atoms with Gasteiger partial charge in [0.2, 0.25) is 0 Å². The van der Waals surface area contributed by atoms with Gasteiger partial charge >= 0.3 is 12.1 Å². The van der Waals surface area contributed by atoms with Gasteiger partial charge < -0.3 is 19.5 Å². The maximum atomic E-state index is 11.4. The zero-order valence-electron chi connectivity index (χ0n) is 24.0. The van der Waals surface area contributed by atoms with Crippen molar-refractivity contribution in [3.05, 3.63) is 0 Å². The molecule has 222 valence electrons. The van der Waals surface area contributed by atoms with Crippen LogP contribution in [0.25, 0.3) is 0 Å². The van der Waals surface area contributed by atoms with Crippen LogP contribution in [0.15, 0.2) is 0 Å². The lowest BCUT2D eigenvalue weighted by molar-refractivity contribution is -0.903. The van der Waals surface area contributed by atoms with Gasteiger partial charge in [-0.15, -0.1) is 0 Å². The summed E-state index contributed by atoms with van der Waals surface area (Å²) in [5, 5.41) is 18.1. The number of rotatable bonds is 24. The average Bonchev–Trinajstić information content (AvgIpc) is 2.81. The first kappa shape index (κ1) is 37.8. The summed E-state index contributed by atoms with van der Waals surface area (Å²) in [7, 11) is 2.16. The molecule has 0 aromatic rings. The number of carbonyl (C=O) groups is 2. The van der Waals surface area contributed by atoms with E-state index in [1.165, 1.54) is 128 Å². The molecule has 37 heavy (non-hydrogen) atoms. The molecule has 0 aliphatic carbocycles. The van der Waals surface area contributed by atoms with E-state index >= 15 is 0 Å². The number of likely N-dealkylation sites (N-methyl/N-ethyl adjacent to an activating group) is 1. The largest absolute Gasteiger partial charge is 0.542 e. The number of hydrogen-bond acceptors (Lipinski definition) is 3. The minimum Gasteiger partial charge on any atom is -0.542 e. The fourth-order valence-electron chi connectivity index (χ4n) is 4.56. The molecule has 0 aromatic carbocycles. The number of carboxylic acid groups (broad SMARTS) is 2. The summed E-state index contributed by atoms with van der Waals surface area (Å²) in [4.78, 5) is 20.1. The van der Waals surface area contributed by atoms with Gasteiger partial charge in [-0.1, -0.05) is 117 Å². The molecule has 0 fully saturated rings.